The van der Waals surface area contributed by atoms with Gasteiger partial charge in [0.05, 0.1) is 7.11 Å². The Balaban J connectivity index is 2.90. The Morgan fingerprint density at radius 3 is 2.22 bits per heavy atom. The first kappa shape index (κ1) is 14.0. The van der Waals surface area contributed by atoms with Crippen LogP contribution in [0.1, 0.15) is 18.6 Å². The van der Waals surface area contributed by atoms with Gasteiger partial charge >= 0.3 is 5.97 Å². The van der Waals surface area contributed by atoms with Gasteiger partial charge < -0.3 is 20.3 Å². The highest BCUT2D eigenvalue weighted by atomic mass is 16.5. The number of ether oxygens (including phenoxy) is 1. The minimum Gasteiger partial charge on any atom is -0.497 e. The largest absolute Gasteiger partial charge is 0.497 e. The Labute approximate surface area is 104 Å². The molecule has 1 rings (SSSR count). The van der Waals surface area contributed by atoms with Gasteiger partial charge in [0.2, 0.25) is 5.91 Å². The summed E-state index contributed by atoms with van der Waals surface area (Å²) in [6.07, 6.45) is -1.32. The zero-order valence-electron chi connectivity index (χ0n) is 10.1. The van der Waals surface area contributed by atoms with Crippen LogP contribution in [0.25, 0.3) is 0 Å². The van der Waals surface area contributed by atoms with E-state index in [0.717, 1.165) is 0 Å². The van der Waals surface area contributed by atoms with Gasteiger partial charge in [0.1, 0.15) is 11.9 Å². The van der Waals surface area contributed by atoms with Crippen molar-refractivity contribution in [2.75, 3.05) is 7.11 Å². The number of aliphatic hydroxyl groups excluding tert-OH is 1. The van der Waals surface area contributed by atoms with Gasteiger partial charge in [0.25, 0.3) is 0 Å². The molecule has 18 heavy (non-hydrogen) atoms. The Kier molecular flexibility index (Phi) is 4.67. The molecule has 1 aromatic rings. The molecule has 2 unspecified atom stereocenters. The molecule has 98 valence electrons. The van der Waals surface area contributed by atoms with Crippen LogP contribution in [0.3, 0.4) is 0 Å². The molecule has 0 aliphatic rings. The second kappa shape index (κ2) is 6.02. The smallest absolute Gasteiger partial charge is 0.329 e. The highest BCUT2D eigenvalue weighted by Gasteiger charge is 2.28. The number of rotatable bonds is 5. The molecule has 2 atom stereocenters. The van der Waals surface area contributed by atoms with E-state index in [0.29, 0.717) is 11.3 Å². The van der Waals surface area contributed by atoms with Crippen molar-refractivity contribution in [2.24, 2.45) is 0 Å². The van der Waals surface area contributed by atoms with Gasteiger partial charge in [-0.25, -0.2) is 4.79 Å². The van der Waals surface area contributed by atoms with Gasteiger partial charge in [0, 0.05) is 6.92 Å². The van der Waals surface area contributed by atoms with Crippen LogP contribution in [0.4, 0.5) is 0 Å². The predicted octanol–water partition coefficient (Wildman–Crippen LogP) is 0.318. The second-order valence-corrected chi connectivity index (χ2v) is 3.73. The van der Waals surface area contributed by atoms with Crippen LogP contribution in [0, 0.1) is 0 Å². The number of aliphatic hydroxyl groups is 1. The molecule has 6 nitrogen and oxygen atoms in total. The van der Waals surface area contributed by atoms with E-state index in [1.165, 1.54) is 14.0 Å². The third-order valence-corrected chi connectivity index (χ3v) is 2.40. The van der Waals surface area contributed by atoms with Crippen LogP contribution in [0.2, 0.25) is 0 Å². The lowest BCUT2D eigenvalue weighted by Crippen LogP contribution is -2.44. The molecule has 0 aliphatic carbocycles. The molecule has 1 amide bonds. The first-order chi connectivity index (χ1) is 8.45. The Morgan fingerprint density at radius 2 is 1.83 bits per heavy atom. The monoisotopic (exact) mass is 253 g/mol. The summed E-state index contributed by atoms with van der Waals surface area (Å²) >= 11 is 0. The van der Waals surface area contributed by atoms with E-state index in [1.807, 2.05) is 0 Å². The molecule has 0 fully saturated rings. The first-order valence-corrected chi connectivity index (χ1v) is 5.27. The van der Waals surface area contributed by atoms with E-state index in [-0.39, 0.29) is 0 Å². The average Bonchev–Trinajstić information content (AvgIpc) is 2.34. The van der Waals surface area contributed by atoms with E-state index in [4.69, 9.17) is 9.84 Å². The quantitative estimate of drug-likeness (QED) is 0.702. The molecular weight excluding hydrogens is 238 g/mol. The van der Waals surface area contributed by atoms with Crippen LogP contribution < -0.4 is 10.1 Å². The predicted molar refractivity (Wildman–Crippen MR) is 63.2 cm³/mol. The highest BCUT2D eigenvalue weighted by molar-refractivity contribution is 5.82. The number of hydrogen-bond acceptors (Lipinski definition) is 4. The third-order valence-electron chi connectivity index (χ3n) is 2.40. The number of carboxylic acid groups (broad SMARTS) is 1. The SMILES string of the molecule is COc1ccc(C(O)C(NC(C)=O)C(=O)O)cc1. The van der Waals surface area contributed by atoms with E-state index < -0.39 is 24.0 Å². The molecule has 0 heterocycles. The van der Waals surface area contributed by atoms with Crippen LogP contribution in [0.5, 0.6) is 5.75 Å². The maximum Gasteiger partial charge on any atom is 0.329 e. The summed E-state index contributed by atoms with van der Waals surface area (Å²) in [5, 5.41) is 21.1. The standard InChI is InChI=1S/C12H15NO5/c1-7(14)13-10(12(16)17)11(15)8-3-5-9(18-2)6-4-8/h3-6,10-11,15H,1-2H3,(H,13,14)(H,16,17). The van der Waals surface area contributed by atoms with Gasteiger partial charge in [-0.2, -0.15) is 0 Å². The Bertz CT molecular complexity index is 429. The third kappa shape index (κ3) is 3.46. The number of aliphatic carboxylic acids is 1. The van der Waals surface area contributed by atoms with E-state index >= 15 is 0 Å². The summed E-state index contributed by atoms with van der Waals surface area (Å²) in [5.41, 5.74) is 0.386. The maximum absolute atomic E-state index is 11.0. The lowest BCUT2D eigenvalue weighted by atomic mass is 10.0. The maximum atomic E-state index is 11.0. The second-order valence-electron chi connectivity index (χ2n) is 3.73. The van der Waals surface area contributed by atoms with Crippen molar-refractivity contribution >= 4 is 11.9 Å². The number of hydrogen-bond donors (Lipinski definition) is 3. The molecule has 6 heteroatoms. The Morgan fingerprint density at radius 1 is 1.28 bits per heavy atom. The van der Waals surface area contributed by atoms with Crippen molar-refractivity contribution in [3.8, 4) is 5.75 Å². The van der Waals surface area contributed by atoms with Crippen LogP contribution in [0.15, 0.2) is 24.3 Å². The number of benzene rings is 1. The molecule has 0 aromatic heterocycles. The van der Waals surface area contributed by atoms with Crippen LogP contribution >= 0.6 is 0 Å². The fourth-order valence-corrected chi connectivity index (χ4v) is 1.49. The summed E-state index contributed by atoms with van der Waals surface area (Å²) in [6.45, 7) is 1.19. The summed E-state index contributed by atoms with van der Waals surface area (Å²) in [7, 11) is 1.50. The van der Waals surface area contributed by atoms with Gasteiger partial charge in [-0.15, -0.1) is 0 Å². The molecule has 3 N–H and O–H groups in total. The fourth-order valence-electron chi connectivity index (χ4n) is 1.49. The Hall–Kier alpha value is -2.08. The van der Waals surface area contributed by atoms with Crippen LogP contribution in [-0.4, -0.2) is 35.2 Å². The number of amides is 1. The normalized spacial score (nSPS) is 13.5. The summed E-state index contributed by atoms with van der Waals surface area (Å²) < 4.78 is 4.95. The van der Waals surface area contributed by atoms with E-state index in [2.05, 4.69) is 5.32 Å². The molecular formula is C12H15NO5. The molecule has 0 radical (unpaired) electrons. The van der Waals surface area contributed by atoms with E-state index in [1.54, 1.807) is 24.3 Å². The van der Waals surface area contributed by atoms with Crippen molar-refractivity contribution in [2.45, 2.75) is 19.1 Å². The van der Waals surface area contributed by atoms with Gasteiger partial charge in [0.15, 0.2) is 6.04 Å². The zero-order valence-corrected chi connectivity index (χ0v) is 10.1. The summed E-state index contributed by atoms with van der Waals surface area (Å²) in [4.78, 5) is 21.9. The molecule has 0 saturated carbocycles. The number of carbonyl (C=O) groups is 2. The number of nitrogens with one attached hydrogen (secondary N) is 1. The fraction of sp³-hybridized carbons (Fsp3) is 0.333. The highest BCUT2D eigenvalue weighted by Crippen LogP contribution is 2.20. The number of methoxy groups -OCH3 is 1. The van der Waals surface area contributed by atoms with Gasteiger partial charge in [-0.3, -0.25) is 4.79 Å². The topological polar surface area (TPSA) is 95.9 Å². The van der Waals surface area contributed by atoms with Gasteiger partial charge in [-0.1, -0.05) is 12.1 Å². The lowest BCUT2D eigenvalue weighted by molar-refractivity contribution is -0.145. The van der Waals surface area contributed by atoms with E-state index in [9.17, 15) is 14.7 Å². The van der Waals surface area contributed by atoms with Crippen molar-refractivity contribution in [3.63, 3.8) is 0 Å². The number of carboxylic acids is 1. The minimum atomic E-state index is -1.38. The molecule has 0 saturated heterocycles. The first-order valence-electron chi connectivity index (χ1n) is 5.27. The van der Waals surface area contributed by atoms with Crippen molar-refractivity contribution in [3.05, 3.63) is 29.8 Å². The zero-order chi connectivity index (χ0) is 13.7. The van der Waals surface area contributed by atoms with Crippen molar-refractivity contribution in [1.82, 2.24) is 5.32 Å². The molecule has 0 bridgehead atoms. The number of carbonyl (C=O) groups excluding carboxylic acids is 1. The van der Waals surface area contributed by atoms with Crippen molar-refractivity contribution in [1.29, 1.82) is 0 Å². The minimum absolute atomic E-state index is 0.386. The average molecular weight is 253 g/mol. The molecule has 0 aliphatic heterocycles. The summed E-state index contributed by atoms with van der Waals surface area (Å²) in [5.74, 6) is -1.22. The van der Waals surface area contributed by atoms with Crippen LogP contribution in [-0.2, 0) is 9.59 Å². The van der Waals surface area contributed by atoms with Gasteiger partial charge in [-0.05, 0) is 17.7 Å². The molecule has 1 aromatic carbocycles. The summed E-state index contributed by atoms with van der Waals surface area (Å²) in [6, 6.07) is 4.91. The molecule has 0 spiro atoms. The van der Waals surface area contributed by atoms with Crippen molar-refractivity contribution < 1.29 is 24.5 Å². The lowest BCUT2D eigenvalue weighted by Gasteiger charge is -2.20.